The first-order chi connectivity index (χ1) is 21.0. The van der Waals surface area contributed by atoms with Crippen LogP contribution < -0.4 is 4.74 Å². The maximum absolute atomic E-state index is 14.1. The number of alkyl halides is 3. The molecule has 12 nitrogen and oxygen atoms in total. The lowest BCUT2D eigenvalue weighted by Gasteiger charge is -2.38. The molecule has 1 aliphatic rings. The van der Waals surface area contributed by atoms with E-state index in [1.165, 1.54) is 18.2 Å². The minimum Gasteiger partial charge on any atom is -0.491 e. The number of aliphatic carboxylic acids is 2. The minimum atomic E-state index is -4.84. The summed E-state index contributed by atoms with van der Waals surface area (Å²) in [7, 11) is 0. The molecule has 0 spiro atoms. The molecule has 4 aromatic rings. The number of benzene rings is 2. The number of hydrogen-bond donors (Lipinski definition) is 3. The van der Waals surface area contributed by atoms with Crippen molar-refractivity contribution >= 4 is 11.9 Å². The summed E-state index contributed by atoms with van der Waals surface area (Å²) in [5.74, 6) is -2.96. The van der Waals surface area contributed by atoms with Crippen molar-refractivity contribution in [1.29, 1.82) is 0 Å². The molecule has 0 unspecified atom stereocenters. The molecule has 2 atom stereocenters. The zero-order chi connectivity index (χ0) is 31.4. The normalized spacial score (nSPS) is 16.5. The monoisotopic (exact) mass is 616 g/mol. The molecule has 0 fully saturated rings. The molecule has 0 aliphatic carbocycles. The summed E-state index contributed by atoms with van der Waals surface area (Å²) in [5.41, 5.74) is -0.630. The van der Waals surface area contributed by atoms with Crippen LogP contribution in [0.3, 0.4) is 0 Å². The van der Waals surface area contributed by atoms with E-state index in [-0.39, 0.29) is 36.6 Å². The largest absolute Gasteiger partial charge is 0.491 e. The van der Waals surface area contributed by atoms with Gasteiger partial charge >= 0.3 is 18.1 Å². The van der Waals surface area contributed by atoms with Crippen LogP contribution in [0.4, 0.5) is 13.2 Å². The lowest BCUT2D eigenvalue weighted by Crippen LogP contribution is -2.47. The average molecular weight is 617 g/mol. The topological polar surface area (TPSA) is 172 Å². The smallest absolute Gasteiger partial charge is 0.422 e. The van der Waals surface area contributed by atoms with Gasteiger partial charge in [-0.3, -0.25) is 14.5 Å². The van der Waals surface area contributed by atoms with Crippen molar-refractivity contribution in [2.45, 2.75) is 44.0 Å². The van der Waals surface area contributed by atoms with Gasteiger partial charge in [0, 0.05) is 29.5 Å². The van der Waals surface area contributed by atoms with E-state index in [0.717, 1.165) is 0 Å². The van der Waals surface area contributed by atoms with Crippen LogP contribution in [0.1, 0.15) is 42.9 Å². The lowest BCUT2D eigenvalue weighted by molar-refractivity contribution is -0.138. The Morgan fingerprint density at radius 3 is 2.25 bits per heavy atom. The molecule has 0 saturated heterocycles. The molecule has 0 bridgehead atoms. The number of aliphatic hydroxyl groups is 1. The van der Waals surface area contributed by atoms with Crippen molar-refractivity contribution in [2.75, 3.05) is 19.7 Å². The van der Waals surface area contributed by atoms with Crippen molar-refractivity contribution in [3.05, 3.63) is 59.7 Å². The van der Waals surface area contributed by atoms with Crippen LogP contribution in [0, 0.1) is 0 Å². The molecule has 15 heteroatoms. The van der Waals surface area contributed by atoms with Gasteiger partial charge in [-0.05, 0) is 32.0 Å². The molecule has 44 heavy (non-hydrogen) atoms. The first-order valence-corrected chi connectivity index (χ1v) is 13.6. The summed E-state index contributed by atoms with van der Waals surface area (Å²) >= 11 is 0. The van der Waals surface area contributed by atoms with E-state index in [9.17, 15) is 27.9 Å². The summed E-state index contributed by atoms with van der Waals surface area (Å²) in [6.45, 7) is 0.637. The second-order valence-electron chi connectivity index (χ2n) is 10.1. The molecule has 2 aromatic heterocycles. The fraction of sp³-hybridized carbons (Fsp3) is 0.345. The number of carbonyl (C=O) groups is 2. The van der Waals surface area contributed by atoms with Crippen molar-refractivity contribution in [3.8, 4) is 40.0 Å². The predicted octanol–water partition coefficient (Wildman–Crippen LogP) is 4.90. The molecule has 1 aliphatic heterocycles. The van der Waals surface area contributed by atoms with Crippen LogP contribution in [-0.2, 0) is 15.8 Å². The third-order valence-corrected chi connectivity index (χ3v) is 7.15. The summed E-state index contributed by atoms with van der Waals surface area (Å²) < 4.78 is 58.3. The zero-order valence-corrected chi connectivity index (χ0v) is 23.0. The summed E-state index contributed by atoms with van der Waals surface area (Å²) in [5, 5.41) is 36.6. The number of nitrogens with zero attached hydrogens (tertiary/aromatic N) is 4. The van der Waals surface area contributed by atoms with Crippen LogP contribution in [0.15, 0.2) is 57.6 Å². The van der Waals surface area contributed by atoms with E-state index in [1.54, 1.807) is 30.3 Å². The maximum atomic E-state index is 14.1. The highest BCUT2D eigenvalue weighted by atomic mass is 19.4. The zero-order valence-electron chi connectivity index (χ0n) is 23.0. The highest BCUT2D eigenvalue weighted by Gasteiger charge is 2.43. The van der Waals surface area contributed by atoms with Crippen molar-refractivity contribution in [3.63, 3.8) is 0 Å². The molecule has 2 aromatic carbocycles. The van der Waals surface area contributed by atoms with Gasteiger partial charge in [0.15, 0.2) is 0 Å². The first-order valence-electron chi connectivity index (χ1n) is 13.6. The summed E-state index contributed by atoms with van der Waals surface area (Å²) in [6.07, 6.45) is -5.47. The highest BCUT2D eigenvalue weighted by Crippen LogP contribution is 2.43. The molecule has 0 radical (unpaired) electrons. The van der Waals surface area contributed by atoms with Crippen LogP contribution >= 0.6 is 0 Å². The Hall–Kier alpha value is -4.76. The highest BCUT2D eigenvalue weighted by molar-refractivity contribution is 5.71. The average Bonchev–Trinajstić information content (AvgIpc) is 3.65. The van der Waals surface area contributed by atoms with E-state index >= 15 is 0 Å². The number of carboxylic acid groups (broad SMARTS) is 2. The van der Waals surface area contributed by atoms with Crippen LogP contribution in [0.25, 0.3) is 34.3 Å². The SMILES string of the molecule is O=C(O)CCCN(CCCC(=O)O)[C@@H]1COc2cc(-c3noc(-c4onc(-c5ccccc5)c4C(F)(F)F)n3)ccc2[C@@H]1O. The van der Waals surface area contributed by atoms with Crippen molar-refractivity contribution in [1.82, 2.24) is 20.2 Å². The van der Waals surface area contributed by atoms with E-state index in [1.807, 2.05) is 4.90 Å². The van der Waals surface area contributed by atoms with Gasteiger partial charge in [0.25, 0.3) is 5.89 Å². The Balaban J connectivity index is 1.37. The van der Waals surface area contributed by atoms with Crippen LogP contribution in [0.5, 0.6) is 5.75 Å². The van der Waals surface area contributed by atoms with E-state index in [2.05, 4.69) is 15.3 Å². The van der Waals surface area contributed by atoms with Gasteiger partial charge in [-0.25, -0.2) is 0 Å². The maximum Gasteiger partial charge on any atom is 0.422 e. The number of halogens is 3. The van der Waals surface area contributed by atoms with Crippen molar-refractivity contribution < 1.29 is 51.9 Å². The number of carboxylic acids is 2. The number of ether oxygens (including phenoxy) is 1. The number of rotatable bonds is 12. The van der Waals surface area contributed by atoms with Gasteiger partial charge in [0.05, 0.1) is 6.04 Å². The Bertz CT molecular complexity index is 1600. The molecule has 232 valence electrons. The number of aliphatic hydroxyl groups excluding tert-OH is 1. The quantitative estimate of drug-likeness (QED) is 0.197. The van der Waals surface area contributed by atoms with E-state index in [0.29, 0.717) is 37.1 Å². The standard InChI is InChI=1S/C29H27F3N4O8/c30-29(31,32)23-24(16-6-2-1-3-7-16)34-43-26(23)28-33-27(35-44-28)17-10-11-18-20(14-17)42-15-19(25(18)41)36(12-4-8-21(37)38)13-5-9-22(39)40/h1-3,6-7,10-11,14,19,25,41H,4-5,8-9,12-13,15H2,(H,37,38)(H,39,40)/t19-,25+/m1/s1. The number of aromatic nitrogens is 3. The molecule has 3 heterocycles. The third-order valence-electron chi connectivity index (χ3n) is 7.15. The molecular weight excluding hydrogens is 589 g/mol. The molecule has 3 N–H and O–H groups in total. The van der Waals surface area contributed by atoms with Gasteiger partial charge < -0.3 is 29.1 Å². The second kappa shape index (κ2) is 12.9. The minimum absolute atomic E-state index is 0.0184. The fourth-order valence-corrected chi connectivity index (χ4v) is 5.06. The lowest BCUT2D eigenvalue weighted by atomic mass is 9.96. The van der Waals surface area contributed by atoms with Gasteiger partial charge in [0.2, 0.25) is 11.6 Å². The Morgan fingerprint density at radius 2 is 1.61 bits per heavy atom. The Kier molecular flexibility index (Phi) is 8.96. The summed E-state index contributed by atoms with van der Waals surface area (Å²) in [4.78, 5) is 27.9. The van der Waals surface area contributed by atoms with Gasteiger partial charge in [-0.15, -0.1) is 0 Å². The second-order valence-corrected chi connectivity index (χ2v) is 10.1. The molecule has 5 rings (SSSR count). The van der Waals surface area contributed by atoms with E-state index in [4.69, 9.17) is 24.0 Å². The number of fused-ring (bicyclic) bond motifs is 1. The summed E-state index contributed by atoms with van der Waals surface area (Å²) in [6, 6.07) is 11.8. The van der Waals surface area contributed by atoms with Gasteiger partial charge in [-0.1, -0.05) is 52.8 Å². The van der Waals surface area contributed by atoms with Crippen LogP contribution in [0.2, 0.25) is 0 Å². The molecule has 0 saturated carbocycles. The third kappa shape index (κ3) is 6.73. The van der Waals surface area contributed by atoms with Gasteiger partial charge in [0.1, 0.15) is 29.7 Å². The molecule has 0 amide bonds. The molecular formula is C29H27F3N4O8. The van der Waals surface area contributed by atoms with Crippen molar-refractivity contribution in [2.24, 2.45) is 0 Å². The van der Waals surface area contributed by atoms with Crippen LogP contribution in [-0.4, -0.2) is 73.2 Å². The first kappa shape index (κ1) is 30.7. The fourth-order valence-electron chi connectivity index (χ4n) is 5.06. The number of hydrogen-bond acceptors (Lipinski definition) is 10. The Labute approximate surface area is 247 Å². The van der Waals surface area contributed by atoms with E-state index < -0.39 is 53.2 Å². The van der Waals surface area contributed by atoms with Gasteiger partial charge in [-0.2, -0.15) is 18.2 Å². The Morgan fingerprint density at radius 1 is 0.932 bits per heavy atom. The predicted molar refractivity (Wildman–Crippen MR) is 145 cm³/mol.